The van der Waals surface area contributed by atoms with E-state index in [0.717, 1.165) is 55.3 Å². The van der Waals surface area contributed by atoms with Gasteiger partial charge in [0.1, 0.15) is 23.3 Å². The van der Waals surface area contributed by atoms with Crippen molar-refractivity contribution >= 4 is 46.3 Å². The average Bonchev–Trinajstić information content (AvgIpc) is 4.09. The number of hydrogen-bond acceptors (Lipinski definition) is 8. The standard InChI is InChI=1S/C18H15ClF4N2O3.C18H16F4N2O3/c19-25(28-8-10-5-9(10)7-26)18(27)12-2-3-13(21)16(23)17(12)24-15-4-1-11(20)6-14(15)22;19-11-1-4-15(14(21)6-11)23-17-12(2-3-13(20)16(17)22)18(26)24-27-8-10-5-9(10)7-25/h1-4,6,9-10,24,26H,5,7-8H2;1-4,6,9-10,23,25H,5,7-8H2,(H,24,26). The van der Waals surface area contributed by atoms with Crippen molar-refractivity contribution in [2.45, 2.75) is 12.8 Å². The van der Waals surface area contributed by atoms with Gasteiger partial charge in [-0.3, -0.25) is 19.3 Å². The molecular weight excluding hydrogens is 772 g/mol. The summed E-state index contributed by atoms with van der Waals surface area (Å²) in [5.41, 5.74) is -0.632. The number of aliphatic hydroxyl groups excluding tert-OH is 2. The molecule has 2 aliphatic carbocycles. The minimum absolute atomic E-state index is 0.00919. The van der Waals surface area contributed by atoms with Gasteiger partial charge >= 0.3 is 0 Å². The molecule has 55 heavy (non-hydrogen) atoms. The minimum Gasteiger partial charge on any atom is -0.396 e. The second-order valence-corrected chi connectivity index (χ2v) is 12.8. The molecule has 4 unspecified atom stereocenters. The van der Waals surface area contributed by atoms with Gasteiger partial charge in [-0.2, -0.15) is 0 Å². The maximum atomic E-state index is 14.3. The highest BCUT2D eigenvalue weighted by atomic mass is 35.5. The van der Waals surface area contributed by atoms with Crippen molar-refractivity contribution in [3.63, 3.8) is 0 Å². The first-order valence-electron chi connectivity index (χ1n) is 16.4. The smallest absolute Gasteiger partial charge is 0.295 e. The fraction of sp³-hybridized carbons (Fsp3) is 0.278. The second-order valence-electron chi connectivity index (χ2n) is 12.5. The molecule has 294 valence electrons. The van der Waals surface area contributed by atoms with Gasteiger partial charge in [-0.15, -0.1) is 4.58 Å². The van der Waals surface area contributed by atoms with Crippen LogP contribution in [0.25, 0.3) is 0 Å². The van der Waals surface area contributed by atoms with Crippen LogP contribution < -0.4 is 16.1 Å². The van der Waals surface area contributed by atoms with E-state index in [4.69, 9.17) is 31.7 Å². The molecule has 4 aromatic rings. The lowest BCUT2D eigenvalue weighted by Gasteiger charge is -2.17. The summed E-state index contributed by atoms with van der Waals surface area (Å²) in [5.74, 6) is -10.7. The zero-order chi connectivity index (χ0) is 40.0. The number of halogens is 9. The van der Waals surface area contributed by atoms with E-state index in [0.29, 0.717) is 22.8 Å². The normalized spacial score (nSPS) is 18.2. The van der Waals surface area contributed by atoms with E-state index in [1.165, 1.54) is 0 Å². The Balaban J connectivity index is 0.000000211. The third-order valence-corrected chi connectivity index (χ3v) is 8.93. The van der Waals surface area contributed by atoms with Crippen LogP contribution in [0, 0.1) is 70.2 Å². The van der Waals surface area contributed by atoms with Gasteiger partial charge in [0.2, 0.25) is 0 Å². The maximum absolute atomic E-state index is 14.3. The fourth-order valence-electron chi connectivity index (χ4n) is 5.22. The highest BCUT2D eigenvalue weighted by Crippen LogP contribution is 2.39. The number of benzene rings is 4. The van der Waals surface area contributed by atoms with Crippen LogP contribution in [-0.2, 0) is 9.68 Å². The summed E-state index contributed by atoms with van der Waals surface area (Å²) >= 11 is 5.78. The number of carbonyl (C=O) groups excluding carboxylic acids is 2. The minimum atomic E-state index is -1.44. The molecule has 2 amide bonds. The molecule has 6 rings (SSSR count). The number of hydroxylamine groups is 2. The molecular formula is C36H31ClF8N4O6. The largest absolute Gasteiger partial charge is 0.396 e. The zero-order valence-corrected chi connectivity index (χ0v) is 29.0. The third kappa shape index (κ3) is 10.4. The van der Waals surface area contributed by atoms with Crippen LogP contribution >= 0.6 is 11.8 Å². The van der Waals surface area contributed by atoms with Crippen LogP contribution in [0.1, 0.15) is 33.6 Å². The van der Waals surface area contributed by atoms with Gasteiger partial charge in [0.25, 0.3) is 11.8 Å². The predicted octanol–water partition coefficient (Wildman–Crippen LogP) is 7.42. The molecule has 0 bridgehead atoms. The average molecular weight is 803 g/mol. The van der Waals surface area contributed by atoms with Crippen molar-refractivity contribution in [3.05, 3.63) is 118 Å². The molecule has 2 aliphatic rings. The molecule has 19 heteroatoms. The number of hydrogen-bond donors (Lipinski definition) is 5. The molecule has 4 atom stereocenters. The second kappa shape index (κ2) is 18.1. The summed E-state index contributed by atoms with van der Waals surface area (Å²) in [6.45, 7) is 0.239. The number of nitrogens with one attached hydrogen (secondary N) is 3. The third-order valence-electron chi connectivity index (χ3n) is 8.68. The van der Waals surface area contributed by atoms with Gasteiger partial charge in [-0.1, -0.05) is 0 Å². The van der Waals surface area contributed by atoms with Gasteiger partial charge in [0.15, 0.2) is 23.3 Å². The van der Waals surface area contributed by atoms with Crippen LogP contribution in [0.3, 0.4) is 0 Å². The molecule has 2 saturated carbocycles. The number of carbonyl (C=O) groups is 2. The molecule has 5 N–H and O–H groups in total. The Hall–Kier alpha value is -5.01. The monoisotopic (exact) mass is 802 g/mol. The maximum Gasteiger partial charge on any atom is 0.295 e. The van der Waals surface area contributed by atoms with Gasteiger partial charge in [0.05, 0.1) is 47.1 Å². The van der Waals surface area contributed by atoms with Crippen molar-refractivity contribution in [1.29, 1.82) is 0 Å². The number of nitrogens with zero attached hydrogens (tertiary/aromatic N) is 1. The highest BCUT2D eigenvalue weighted by molar-refractivity contribution is 6.24. The Kier molecular flexibility index (Phi) is 13.5. The lowest BCUT2D eigenvalue weighted by atomic mass is 10.1. The molecule has 2 fully saturated rings. The fourth-order valence-corrected chi connectivity index (χ4v) is 5.37. The first kappa shape index (κ1) is 41.2. The Morgan fingerprint density at radius 1 is 0.655 bits per heavy atom. The molecule has 0 heterocycles. The van der Waals surface area contributed by atoms with Gasteiger partial charge in [0, 0.05) is 37.1 Å². The summed E-state index contributed by atoms with van der Waals surface area (Å²) in [6.07, 6.45) is 1.49. The molecule has 10 nitrogen and oxygen atoms in total. The summed E-state index contributed by atoms with van der Waals surface area (Å²) in [6, 6.07) is 8.34. The number of aliphatic hydroxyl groups is 2. The Morgan fingerprint density at radius 3 is 1.60 bits per heavy atom. The van der Waals surface area contributed by atoms with Crippen LogP contribution in [0.15, 0.2) is 60.7 Å². The summed E-state index contributed by atoms with van der Waals surface area (Å²) in [7, 11) is 0. The molecule has 0 aliphatic heterocycles. The lowest BCUT2D eigenvalue weighted by Crippen LogP contribution is -2.26. The first-order chi connectivity index (χ1) is 26.2. The topological polar surface area (TPSA) is 132 Å². The summed E-state index contributed by atoms with van der Waals surface area (Å²) < 4.78 is 110. The van der Waals surface area contributed by atoms with Gasteiger partial charge in [-0.25, -0.2) is 40.6 Å². The molecule has 0 radical (unpaired) electrons. The van der Waals surface area contributed by atoms with Gasteiger partial charge in [-0.05, 0) is 85.0 Å². The molecule has 0 saturated heterocycles. The van der Waals surface area contributed by atoms with Crippen LogP contribution in [0.5, 0.6) is 0 Å². The van der Waals surface area contributed by atoms with E-state index in [1.54, 1.807) is 0 Å². The van der Waals surface area contributed by atoms with E-state index < -0.39 is 75.3 Å². The molecule has 0 spiro atoms. The number of rotatable bonds is 14. The Bertz CT molecular complexity index is 2050. The summed E-state index contributed by atoms with van der Waals surface area (Å²) in [5, 5.41) is 22.5. The van der Waals surface area contributed by atoms with Crippen molar-refractivity contribution in [3.8, 4) is 0 Å². The van der Waals surface area contributed by atoms with Crippen molar-refractivity contribution < 1.29 is 64.6 Å². The van der Waals surface area contributed by atoms with E-state index in [1.807, 2.05) is 0 Å². The van der Waals surface area contributed by atoms with Crippen LogP contribution in [0.2, 0.25) is 0 Å². The SMILES string of the molecule is O=C(NOCC1CC1CO)c1ccc(F)c(F)c1Nc1ccc(F)cc1F.O=C(c1ccc(F)c(F)c1Nc1ccc(F)cc1F)N(Cl)OCC1CC1CO. The van der Waals surface area contributed by atoms with Crippen LogP contribution in [-0.4, -0.2) is 53.0 Å². The van der Waals surface area contributed by atoms with Crippen LogP contribution in [0.4, 0.5) is 57.9 Å². The van der Waals surface area contributed by atoms with E-state index in [9.17, 15) is 44.7 Å². The number of amides is 2. The lowest BCUT2D eigenvalue weighted by molar-refractivity contribution is -0.0649. The van der Waals surface area contributed by atoms with E-state index >= 15 is 0 Å². The predicted molar refractivity (Wildman–Crippen MR) is 181 cm³/mol. The zero-order valence-electron chi connectivity index (χ0n) is 28.2. The molecule has 4 aromatic carbocycles. The van der Waals surface area contributed by atoms with Crippen molar-refractivity contribution in [2.24, 2.45) is 23.7 Å². The van der Waals surface area contributed by atoms with E-state index in [2.05, 4.69) is 16.1 Å². The van der Waals surface area contributed by atoms with Crippen molar-refractivity contribution in [2.75, 3.05) is 37.1 Å². The van der Waals surface area contributed by atoms with Crippen molar-refractivity contribution in [1.82, 2.24) is 10.1 Å². The number of anilines is 4. The summed E-state index contributed by atoms with van der Waals surface area (Å²) in [4.78, 5) is 34.9. The Morgan fingerprint density at radius 2 is 1.13 bits per heavy atom. The molecule has 0 aromatic heterocycles. The van der Waals surface area contributed by atoms with E-state index in [-0.39, 0.29) is 67.0 Å². The first-order valence-corrected chi connectivity index (χ1v) is 16.7. The Labute approximate surface area is 312 Å². The highest BCUT2D eigenvalue weighted by Gasteiger charge is 2.38. The quantitative estimate of drug-likeness (QED) is 0.0506. The van der Waals surface area contributed by atoms with Gasteiger partial charge < -0.3 is 20.8 Å².